The third-order valence-corrected chi connectivity index (χ3v) is 15.9. The van der Waals surface area contributed by atoms with Crippen LogP contribution in [-0.2, 0) is 32.5 Å². The van der Waals surface area contributed by atoms with E-state index in [0.29, 0.717) is 0 Å². The maximum absolute atomic E-state index is 2.78. The van der Waals surface area contributed by atoms with E-state index in [0.717, 1.165) is 0 Å². The van der Waals surface area contributed by atoms with Crippen LogP contribution >= 0.6 is 0 Å². The third kappa shape index (κ3) is 7.02. The standard InChI is InChI=1S/C66H73BN2/c1-61(2,3)41-24-25-55-48(31-41)50-33-45(65(13,14)15)34-51-49-28-40(39-26-42(62(4,5)6)30-43(27-39)63(7,8)9)29-56-57(49)67(69(55)59(50)51)54-37-46(66(16,17)18)36-53-52-35-44(64(10,11)12)32-47(38-22-20-19-21-23-38)58(52)68(56)60(53)54/h19-37H,1-18H3. The molecule has 0 amide bonds. The first-order valence-corrected chi connectivity index (χ1v) is 25.7. The summed E-state index contributed by atoms with van der Waals surface area (Å²) in [6.45, 7) is 42.6. The van der Waals surface area contributed by atoms with Gasteiger partial charge in [-0.3, -0.25) is 0 Å². The van der Waals surface area contributed by atoms with E-state index < -0.39 is 0 Å². The van der Waals surface area contributed by atoms with Crippen LogP contribution in [0.25, 0.3) is 82.7 Å². The van der Waals surface area contributed by atoms with Crippen molar-refractivity contribution in [1.29, 1.82) is 0 Å². The van der Waals surface area contributed by atoms with Crippen LogP contribution in [0.15, 0.2) is 115 Å². The van der Waals surface area contributed by atoms with Gasteiger partial charge in [0, 0.05) is 49.4 Å². The third-order valence-electron chi connectivity index (χ3n) is 15.9. The molecule has 0 radical (unpaired) electrons. The van der Waals surface area contributed by atoms with Crippen LogP contribution in [0, 0.1) is 0 Å². The molecule has 69 heavy (non-hydrogen) atoms. The first kappa shape index (κ1) is 45.6. The van der Waals surface area contributed by atoms with Crippen LogP contribution < -0.4 is 10.9 Å². The zero-order valence-corrected chi connectivity index (χ0v) is 44.9. The molecule has 4 heterocycles. The predicted octanol–water partition coefficient (Wildman–Crippen LogP) is 17.0. The monoisotopic (exact) mass is 905 g/mol. The Balaban J connectivity index is 1.41. The second kappa shape index (κ2) is 14.4. The molecule has 11 rings (SSSR count). The molecule has 0 N–H and O–H groups in total. The van der Waals surface area contributed by atoms with Gasteiger partial charge < -0.3 is 9.05 Å². The number of hydrogen-bond donors (Lipinski definition) is 0. The Hall–Kier alpha value is -5.80. The van der Waals surface area contributed by atoms with Crippen molar-refractivity contribution in [2.45, 2.75) is 157 Å². The summed E-state index contributed by atoms with van der Waals surface area (Å²) in [7, 11) is 0. The maximum Gasteiger partial charge on any atom is 0.333 e. The van der Waals surface area contributed by atoms with Gasteiger partial charge in [0.05, 0.1) is 11.0 Å². The molecule has 0 fully saturated rings. The highest BCUT2D eigenvalue weighted by molar-refractivity contribution is 6.90. The molecular weight excluding hydrogens is 832 g/mol. The fourth-order valence-electron chi connectivity index (χ4n) is 11.6. The second-order valence-electron chi connectivity index (χ2n) is 27.3. The largest absolute Gasteiger partial charge is 0.375 e. The molecule has 2 aromatic heterocycles. The van der Waals surface area contributed by atoms with Crippen LogP contribution in [0.2, 0.25) is 0 Å². The summed E-state index contributed by atoms with van der Waals surface area (Å²) in [5.41, 5.74) is 25.1. The van der Waals surface area contributed by atoms with Gasteiger partial charge in [0.2, 0.25) is 0 Å². The first-order chi connectivity index (χ1) is 32.0. The maximum atomic E-state index is 2.78. The lowest BCUT2D eigenvalue weighted by Gasteiger charge is -2.36. The van der Waals surface area contributed by atoms with Crippen molar-refractivity contribution in [2.24, 2.45) is 0 Å². The van der Waals surface area contributed by atoms with Crippen molar-refractivity contribution in [1.82, 2.24) is 9.05 Å². The fraction of sp³-hybridized carbons (Fsp3) is 0.364. The van der Waals surface area contributed by atoms with E-state index in [2.05, 4.69) is 249 Å². The highest BCUT2D eigenvalue weighted by atomic mass is 15.0. The number of rotatable bonds is 2. The van der Waals surface area contributed by atoms with Crippen molar-refractivity contribution < 1.29 is 0 Å². The van der Waals surface area contributed by atoms with Crippen LogP contribution in [-0.4, -0.2) is 15.9 Å². The van der Waals surface area contributed by atoms with Crippen molar-refractivity contribution in [3.63, 3.8) is 0 Å². The molecule has 0 spiro atoms. The van der Waals surface area contributed by atoms with E-state index in [1.165, 1.54) is 127 Å². The van der Waals surface area contributed by atoms with E-state index in [9.17, 15) is 0 Å². The molecule has 0 saturated heterocycles. The molecule has 0 atom stereocenters. The first-order valence-electron chi connectivity index (χ1n) is 25.7. The Bertz CT molecular complexity index is 3610. The Morgan fingerprint density at radius 1 is 0.333 bits per heavy atom. The van der Waals surface area contributed by atoms with E-state index in [1.807, 2.05) is 0 Å². The van der Waals surface area contributed by atoms with Gasteiger partial charge in [-0.25, -0.2) is 0 Å². The Kier molecular flexibility index (Phi) is 9.52. The average Bonchev–Trinajstić information content (AvgIpc) is 3.77. The molecule has 0 saturated carbocycles. The van der Waals surface area contributed by atoms with Crippen molar-refractivity contribution in [3.05, 3.63) is 149 Å². The van der Waals surface area contributed by atoms with Gasteiger partial charge in [-0.05, 0) is 154 Å². The number of aromatic nitrogens is 2. The smallest absolute Gasteiger partial charge is 0.333 e. The summed E-state index contributed by atoms with van der Waals surface area (Å²) in [5, 5.41) is 5.38. The molecule has 0 bridgehead atoms. The quantitative estimate of drug-likeness (QED) is 0.153. The highest BCUT2D eigenvalue weighted by Crippen LogP contribution is 2.49. The number of nitrogens with zero attached hydrogens (tertiary/aromatic N) is 2. The number of fused-ring (bicyclic) bond motifs is 10. The topological polar surface area (TPSA) is 9.86 Å². The summed E-state index contributed by atoms with van der Waals surface area (Å²) in [6, 6.07) is 46.6. The molecule has 9 aromatic rings. The lowest BCUT2D eigenvalue weighted by atomic mass is 9.45. The van der Waals surface area contributed by atoms with Gasteiger partial charge in [-0.15, -0.1) is 0 Å². The Morgan fingerprint density at radius 3 is 1.35 bits per heavy atom. The second-order valence-corrected chi connectivity index (χ2v) is 27.3. The van der Waals surface area contributed by atoms with Gasteiger partial charge >= 0.3 is 6.85 Å². The van der Waals surface area contributed by atoms with Crippen LogP contribution in [0.4, 0.5) is 0 Å². The predicted molar refractivity (Wildman–Crippen MR) is 303 cm³/mol. The summed E-state index contributed by atoms with van der Waals surface area (Å²) in [4.78, 5) is 0. The van der Waals surface area contributed by atoms with Crippen LogP contribution in [0.5, 0.6) is 0 Å². The zero-order valence-electron chi connectivity index (χ0n) is 44.9. The number of hydrogen-bond acceptors (Lipinski definition) is 0. The summed E-state index contributed by atoms with van der Waals surface area (Å²) in [5.74, 6) is 0. The van der Waals surface area contributed by atoms with Gasteiger partial charge in [-0.1, -0.05) is 185 Å². The van der Waals surface area contributed by atoms with Crippen LogP contribution in [0.1, 0.15) is 158 Å². The highest BCUT2D eigenvalue weighted by Gasteiger charge is 2.44. The molecule has 350 valence electrons. The molecule has 0 unspecified atom stereocenters. The van der Waals surface area contributed by atoms with Crippen molar-refractivity contribution >= 4 is 61.4 Å². The van der Waals surface area contributed by atoms with Gasteiger partial charge in [0.25, 0.3) is 0 Å². The zero-order chi connectivity index (χ0) is 49.4. The SMILES string of the molecule is CC(C)(C)c1cc(-c2cc3c4c(c2)-n2c5c(cc(C(C)(C)C)cc5c5cc(C(C)(C)C)cc(-c6ccccc6)c52)B4n2c4ccc(C(C)(C)C)cc4c4cc(C(C)(C)C)cc-3c42)cc(C(C)(C)C)c1. The van der Waals surface area contributed by atoms with Crippen molar-refractivity contribution in [3.8, 4) is 39.1 Å². The van der Waals surface area contributed by atoms with E-state index in [-0.39, 0.29) is 39.3 Å². The molecule has 3 heteroatoms. The lowest BCUT2D eigenvalue weighted by Crippen LogP contribution is -2.55. The van der Waals surface area contributed by atoms with Crippen LogP contribution in [0.3, 0.4) is 0 Å². The molecule has 2 aliphatic rings. The average molecular weight is 905 g/mol. The molecular formula is C66H73BN2. The van der Waals surface area contributed by atoms with Gasteiger partial charge in [0.1, 0.15) is 0 Å². The minimum absolute atomic E-state index is 0.00709. The lowest BCUT2D eigenvalue weighted by molar-refractivity contribution is 0.569. The Morgan fingerprint density at radius 2 is 0.797 bits per heavy atom. The fourth-order valence-corrected chi connectivity index (χ4v) is 11.6. The van der Waals surface area contributed by atoms with Gasteiger partial charge in [0.15, 0.2) is 0 Å². The molecule has 7 aromatic carbocycles. The van der Waals surface area contributed by atoms with E-state index >= 15 is 0 Å². The number of benzene rings is 7. The molecule has 2 aliphatic heterocycles. The van der Waals surface area contributed by atoms with Crippen molar-refractivity contribution in [2.75, 3.05) is 0 Å². The van der Waals surface area contributed by atoms with Gasteiger partial charge in [-0.2, -0.15) is 0 Å². The molecule has 0 aliphatic carbocycles. The molecule has 2 nitrogen and oxygen atoms in total. The summed E-state index contributed by atoms with van der Waals surface area (Å²) in [6.07, 6.45) is 0. The normalized spacial score (nSPS) is 14.2. The van der Waals surface area contributed by atoms with E-state index in [1.54, 1.807) is 0 Å². The van der Waals surface area contributed by atoms with E-state index in [4.69, 9.17) is 0 Å². The minimum Gasteiger partial charge on any atom is -0.375 e. The summed E-state index contributed by atoms with van der Waals surface area (Å²) >= 11 is 0. The minimum atomic E-state index is -0.0807. The summed E-state index contributed by atoms with van der Waals surface area (Å²) < 4.78 is 5.51. The Labute approximate surface area is 413 Å².